The summed E-state index contributed by atoms with van der Waals surface area (Å²) in [6, 6.07) is 3.86. The minimum absolute atomic E-state index is 0.0481. The highest BCUT2D eigenvalue weighted by molar-refractivity contribution is 5.98. The number of aliphatic hydroxyl groups excluding tert-OH is 1. The zero-order valence-electron chi connectivity index (χ0n) is 11.8. The number of benzene rings is 1. The Hall–Kier alpha value is -1.55. The molecule has 1 atom stereocenters. The van der Waals surface area contributed by atoms with Crippen molar-refractivity contribution in [3.63, 3.8) is 0 Å². The zero-order chi connectivity index (χ0) is 14.0. The monoisotopic (exact) mass is 263 g/mol. The number of amides is 1. The van der Waals surface area contributed by atoms with Crippen LogP contribution in [0.1, 0.15) is 34.3 Å². The number of nitrogens with zero attached hydrogens (tertiary/aromatic N) is 1. The van der Waals surface area contributed by atoms with Gasteiger partial charge in [-0.25, -0.2) is 0 Å². The van der Waals surface area contributed by atoms with E-state index in [1.54, 1.807) is 12.0 Å². The lowest BCUT2D eigenvalue weighted by molar-refractivity contribution is 0.0470. The predicted octanol–water partition coefficient (Wildman–Crippen LogP) is 1.91. The van der Waals surface area contributed by atoms with Crippen LogP contribution in [0.15, 0.2) is 12.1 Å². The SMILES string of the molecule is COc1cc(C)cc(C)c1C(=O)N1CCCC(O)C1. The highest BCUT2D eigenvalue weighted by Crippen LogP contribution is 2.26. The number of hydrogen-bond acceptors (Lipinski definition) is 3. The van der Waals surface area contributed by atoms with Gasteiger partial charge in [-0.2, -0.15) is 0 Å². The Kier molecular flexibility index (Phi) is 4.10. The Morgan fingerprint density at radius 1 is 1.42 bits per heavy atom. The van der Waals surface area contributed by atoms with Crippen LogP contribution in [0.25, 0.3) is 0 Å². The van der Waals surface area contributed by atoms with Crippen LogP contribution in [0, 0.1) is 13.8 Å². The quantitative estimate of drug-likeness (QED) is 0.886. The second-order valence-corrected chi connectivity index (χ2v) is 5.21. The average Bonchev–Trinajstić information content (AvgIpc) is 2.37. The van der Waals surface area contributed by atoms with Gasteiger partial charge >= 0.3 is 0 Å². The molecule has 104 valence electrons. The molecule has 0 spiro atoms. The van der Waals surface area contributed by atoms with Gasteiger partial charge in [-0.1, -0.05) is 6.07 Å². The van der Waals surface area contributed by atoms with Crippen molar-refractivity contribution in [1.29, 1.82) is 0 Å². The van der Waals surface area contributed by atoms with E-state index in [-0.39, 0.29) is 5.91 Å². The molecular formula is C15H21NO3. The maximum atomic E-state index is 12.6. The van der Waals surface area contributed by atoms with Crippen molar-refractivity contribution in [1.82, 2.24) is 4.90 Å². The van der Waals surface area contributed by atoms with E-state index in [9.17, 15) is 9.90 Å². The Balaban J connectivity index is 2.32. The molecular weight excluding hydrogens is 242 g/mol. The summed E-state index contributed by atoms with van der Waals surface area (Å²) < 4.78 is 5.34. The summed E-state index contributed by atoms with van der Waals surface area (Å²) in [5.41, 5.74) is 2.61. The summed E-state index contributed by atoms with van der Waals surface area (Å²) in [6.45, 7) is 5.01. The minimum atomic E-state index is -0.408. The lowest BCUT2D eigenvalue weighted by Crippen LogP contribution is -2.42. The molecule has 1 saturated heterocycles. The number of carbonyl (C=O) groups excluding carboxylic acids is 1. The molecule has 1 aliphatic heterocycles. The van der Waals surface area contributed by atoms with E-state index < -0.39 is 6.10 Å². The fourth-order valence-corrected chi connectivity index (χ4v) is 2.66. The van der Waals surface area contributed by atoms with Crippen LogP contribution in [0.5, 0.6) is 5.75 Å². The molecule has 4 nitrogen and oxygen atoms in total. The average molecular weight is 263 g/mol. The van der Waals surface area contributed by atoms with Crippen molar-refractivity contribution in [3.05, 3.63) is 28.8 Å². The van der Waals surface area contributed by atoms with Gasteiger partial charge in [0.2, 0.25) is 0 Å². The molecule has 1 fully saturated rings. The molecule has 0 saturated carbocycles. The van der Waals surface area contributed by atoms with E-state index in [0.717, 1.165) is 24.0 Å². The van der Waals surface area contributed by atoms with Crippen molar-refractivity contribution in [2.75, 3.05) is 20.2 Å². The first-order chi connectivity index (χ1) is 9.02. The van der Waals surface area contributed by atoms with Crippen LogP contribution in [-0.2, 0) is 0 Å². The molecule has 1 amide bonds. The standard InChI is InChI=1S/C15H21NO3/c1-10-7-11(2)14(13(8-10)19-3)15(18)16-6-4-5-12(17)9-16/h7-8,12,17H,4-6,9H2,1-3H3. The second kappa shape index (κ2) is 5.61. The molecule has 1 unspecified atom stereocenters. The summed E-state index contributed by atoms with van der Waals surface area (Å²) in [7, 11) is 1.58. The molecule has 0 aromatic heterocycles. The van der Waals surface area contributed by atoms with Crippen LogP contribution < -0.4 is 4.74 Å². The number of likely N-dealkylation sites (tertiary alicyclic amines) is 1. The fraction of sp³-hybridized carbons (Fsp3) is 0.533. The van der Waals surface area contributed by atoms with Gasteiger partial charge in [-0.15, -0.1) is 0 Å². The summed E-state index contributed by atoms with van der Waals surface area (Å²) >= 11 is 0. The van der Waals surface area contributed by atoms with Crippen LogP contribution >= 0.6 is 0 Å². The maximum absolute atomic E-state index is 12.6. The Morgan fingerprint density at radius 2 is 2.16 bits per heavy atom. The molecule has 0 aliphatic carbocycles. The summed E-state index contributed by atoms with van der Waals surface area (Å²) in [4.78, 5) is 14.3. The minimum Gasteiger partial charge on any atom is -0.496 e. The van der Waals surface area contributed by atoms with E-state index in [1.165, 1.54) is 0 Å². The second-order valence-electron chi connectivity index (χ2n) is 5.21. The highest BCUT2D eigenvalue weighted by Gasteiger charge is 2.26. The number of β-amino-alcohol motifs (C(OH)–C–C–N with tert-alkyl or cyclic N) is 1. The zero-order valence-corrected chi connectivity index (χ0v) is 11.8. The molecule has 1 N–H and O–H groups in total. The number of aliphatic hydroxyl groups is 1. The van der Waals surface area contributed by atoms with E-state index >= 15 is 0 Å². The number of ether oxygens (including phenoxy) is 1. The first-order valence-corrected chi connectivity index (χ1v) is 6.65. The van der Waals surface area contributed by atoms with Crippen LogP contribution in [0.3, 0.4) is 0 Å². The number of piperidine rings is 1. The summed E-state index contributed by atoms with van der Waals surface area (Å²) in [6.07, 6.45) is 1.21. The van der Waals surface area contributed by atoms with Gasteiger partial charge in [0.1, 0.15) is 5.75 Å². The Morgan fingerprint density at radius 3 is 2.79 bits per heavy atom. The number of hydrogen-bond donors (Lipinski definition) is 1. The molecule has 0 radical (unpaired) electrons. The number of carbonyl (C=O) groups is 1. The number of rotatable bonds is 2. The van der Waals surface area contributed by atoms with Crippen LogP contribution in [-0.4, -0.2) is 42.2 Å². The topological polar surface area (TPSA) is 49.8 Å². The Labute approximate surface area is 114 Å². The highest BCUT2D eigenvalue weighted by atomic mass is 16.5. The van der Waals surface area contributed by atoms with Gasteiger partial charge in [0.25, 0.3) is 5.91 Å². The van der Waals surface area contributed by atoms with E-state index in [0.29, 0.717) is 24.4 Å². The molecule has 0 bridgehead atoms. The smallest absolute Gasteiger partial charge is 0.257 e. The van der Waals surface area contributed by atoms with Gasteiger partial charge in [0, 0.05) is 13.1 Å². The van der Waals surface area contributed by atoms with Crippen molar-refractivity contribution < 1.29 is 14.6 Å². The molecule has 1 aliphatic rings. The lowest BCUT2D eigenvalue weighted by atomic mass is 10.0. The number of methoxy groups -OCH3 is 1. The van der Waals surface area contributed by atoms with E-state index in [1.807, 2.05) is 26.0 Å². The van der Waals surface area contributed by atoms with Crippen LogP contribution in [0.2, 0.25) is 0 Å². The van der Waals surface area contributed by atoms with Gasteiger partial charge in [0.05, 0.1) is 18.8 Å². The normalized spacial score (nSPS) is 19.4. The lowest BCUT2D eigenvalue weighted by Gasteiger charge is -2.31. The van der Waals surface area contributed by atoms with Crippen molar-refractivity contribution >= 4 is 5.91 Å². The number of aryl methyl sites for hydroxylation is 2. The third-order valence-electron chi connectivity index (χ3n) is 3.56. The van der Waals surface area contributed by atoms with Crippen molar-refractivity contribution in [2.24, 2.45) is 0 Å². The predicted molar refractivity (Wildman–Crippen MR) is 73.6 cm³/mol. The van der Waals surface area contributed by atoms with E-state index in [4.69, 9.17) is 4.74 Å². The molecule has 2 rings (SSSR count). The third kappa shape index (κ3) is 2.89. The van der Waals surface area contributed by atoms with Crippen molar-refractivity contribution in [2.45, 2.75) is 32.8 Å². The largest absolute Gasteiger partial charge is 0.496 e. The fourth-order valence-electron chi connectivity index (χ4n) is 2.66. The maximum Gasteiger partial charge on any atom is 0.257 e. The molecule has 1 aromatic rings. The molecule has 1 heterocycles. The first kappa shape index (κ1) is 13.9. The van der Waals surface area contributed by atoms with Gasteiger partial charge < -0.3 is 14.7 Å². The van der Waals surface area contributed by atoms with E-state index in [2.05, 4.69) is 0 Å². The molecule has 19 heavy (non-hydrogen) atoms. The molecule has 4 heteroatoms. The van der Waals surface area contributed by atoms with Crippen molar-refractivity contribution in [3.8, 4) is 5.75 Å². The molecule has 1 aromatic carbocycles. The summed E-state index contributed by atoms with van der Waals surface area (Å²) in [5.74, 6) is 0.565. The summed E-state index contributed by atoms with van der Waals surface area (Å²) in [5, 5.41) is 9.69. The van der Waals surface area contributed by atoms with Gasteiger partial charge in [-0.05, 0) is 43.9 Å². The van der Waals surface area contributed by atoms with Gasteiger partial charge in [0.15, 0.2) is 0 Å². The Bertz CT molecular complexity index is 485. The third-order valence-corrected chi connectivity index (χ3v) is 3.56. The first-order valence-electron chi connectivity index (χ1n) is 6.65. The van der Waals surface area contributed by atoms with Gasteiger partial charge in [-0.3, -0.25) is 4.79 Å². The van der Waals surface area contributed by atoms with Crippen LogP contribution in [0.4, 0.5) is 0 Å².